The summed E-state index contributed by atoms with van der Waals surface area (Å²) < 4.78 is 5.75. The zero-order valence-corrected chi connectivity index (χ0v) is 14.4. The van der Waals surface area contributed by atoms with Crippen LogP contribution in [0.3, 0.4) is 0 Å². The van der Waals surface area contributed by atoms with Gasteiger partial charge in [-0.05, 0) is 37.1 Å². The Labute approximate surface area is 144 Å². The van der Waals surface area contributed by atoms with Gasteiger partial charge in [0, 0.05) is 25.8 Å². The van der Waals surface area contributed by atoms with Crippen molar-refractivity contribution in [1.29, 1.82) is 0 Å². The summed E-state index contributed by atoms with van der Waals surface area (Å²) in [4.78, 5) is 14.4. The largest absolute Gasteiger partial charge is 0.481 e. The number of hydrogen-bond donors (Lipinski definition) is 1. The van der Waals surface area contributed by atoms with Gasteiger partial charge in [0.15, 0.2) is 6.10 Å². The van der Waals surface area contributed by atoms with Crippen LogP contribution in [0.5, 0.6) is 5.75 Å². The first-order chi connectivity index (χ1) is 11.7. The maximum Gasteiger partial charge on any atom is 0.261 e. The van der Waals surface area contributed by atoms with Crippen molar-refractivity contribution in [2.45, 2.75) is 25.9 Å². The predicted molar refractivity (Wildman–Crippen MR) is 98.5 cm³/mol. The number of carbonyl (C=O) groups excluding carboxylic acids is 1. The molecule has 0 aliphatic carbocycles. The summed E-state index contributed by atoms with van der Waals surface area (Å²) in [6.07, 6.45) is 1.09. The van der Waals surface area contributed by atoms with E-state index in [9.17, 15) is 4.79 Å². The van der Waals surface area contributed by atoms with Crippen LogP contribution in [-0.2, 0) is 4.79 Å². The lowest BCUT2D eigenvalue weighted by Crippen LogP contribution is -2.39. The van der Waals surface area contributed by atoms with Crippen LogP contribution in [0.4, 0.5) is 5.69 Å². The van der Waals surface area contributed by atoms with Crippen molar-refractivity contribution in [3.8, 4) is 5.75 Å². The van der Waals surface area contributed by atoms with Crippen molar-refractivity contribution in [2.24, 2.45) is 0 Å². The number of rotatable bonds is 9. The highest BCUT2D eigenvalue weighted by Crippen LogP contribution is 2.13. The summed E-state index contributed by atoms with van der Waals surface area (Å²) in [5.41, 5.74) is 1.18. The summed E-state index contributed by atoms with van der Waals surface area (Å²) in [5, 5.41) is 2.97. The highest BCUT2D eigenvalue weighted by atomic mass is 16.5. The highest BCUT2D eigenvalue weighted by molar-refractivity contribution is 5.81. The van der Waals surface area contributed by atoms with E-state index in [0.29, 0.717) is 13.0 Å². The van der Waals surface area contributed by atoms with Gasteiger partial charge in [0.1, 0.15) is 5.75 Å². The lowest BCUT2D eigenvalue weighted by Gasteiger charge is -2.20. The van der Waals surface area contributed by atoms with Gasteiger partial charge in [0.25, 0.3) is 5.91 Å². The molecule has 1 unspecified atom stereocenters. The minimum absolute atomic E-state index is 0.0521. The van der Waals surface area contributed by atoms with E-state index in [1.165, 1.54) is 5.69 Å². The molecule has 1 N–H and O–H groups in total. The van der Waals surface area contributed by atoms with Crippen molar-refractivity contribution in [3.63, 3.8) is 0 Å². The van der Waals surface area contributed by atoms with E-state index in [1.54, 1.807) is 0 Å². The van der Waals surface area contributed by atoms with Gasteiger partial charge in [-0.1, -0.05) is 43.3 Å². The minimum atomic E-state index is -0.445. The van der Waals surface area contributed by atoms with Crippen molar-refractivity contribution < 1.29 is 9.53 Å². The third-order valence-corrected chi connectivity index (χ3v) is 3.85. The molecule has 0 radical (unpaired) electrons. The number of nitrogens with zero attached hydrogens (tertiary/aromatic N) is 1. The Hall–Kier alpha value is -2.49. The fourth-order valence-corrected chi connectivity index (χ4v) is 2.44. The molecule has 0 aliphatic rings. The number of carbonyl (C=O) groups is 1. The molecule has 24 heavy (non-hydrogen) atoms. The van der Waals surface area contributed by atoms with Crippen LogP contribution in [0.2, 0.25) is 0 Å². The SMILES string of the molecule is CCC(Oc1ccccc1)C(=O)NCCCN(C)c1ccccc1. The standard InChI is InChI=1S/C20H26N2O2/c1-3-19(24-18-13-8-5-9-14-18)20(23)21-15-10-16-22(2)17-11-6-4-7-12-17/h4-9,11-14,19H,3,10,15-16H2,1-2H3,(H,21,23). The first kappa shape index (κ1) is 17.9. The summed E-state index contributed by atoms with van der Waals surface area (Å²) in [6, 6.07) is 19.7. The second-order valence-corrected chi connectivity index (χ2v) is 5.73. The average Bonchev–Trinajstić information content (AvgIpc) is 2.64. The van der Waals surface area contributed by atoms with E-state index in [4.69, 9.17) is 4.74 Å². The zero-order chi connectivity index (χ0) is 17.2. The molecule has 0 heterocycles. The summed E-state index contributed by atoms with van der Waals surface area (Å²) in [6.45, 7) is 3.49. The van der Waals surface area contributed by atoms with Crippen LogP contribution in [0.25, 0.3) is 0 Å². The molecule has 1 amide bonds. The topological polar surface area (TPSA) is 41.6 Å². The van der Waals surface area contributed by atoms with Crippen LogP contribution in [-0.4, -0.2) is 32.1 Å². The van der Waals surface area contributed by atoms with E-state index in [-0.39, 0.29) is 5.91 Å². The Balaban J connectivity index is 1.71. The Morgan fingerprint density at radius 2 is 1.71 bits per heavy atom. The molecule has 4 heteroatoms. The molecular formula is C20H26N2O2. The average molecular weight is 326 g/mol. The molecule has 0 fully saturated rings. The van der Waals surface area contributed by atoms with Crippen LogP contribution >= 0.6 is 0 Å². The molecule has 2 aromatic rings. The van der Waals surface area contributed by atoms with Crippen LogP contribution in [0.15, 0.2) is 60.7 Å². The molecule has 0 saturated heterocycles. The quantitative estimate of drug-likeness (QED) is 0.717. The molecule has 0 saturated carbocycles. The molecule has 4 nitrogen and oxygen atoms in total. The molecule has 0 aliphatic heterocycles. The lowest BCUT2D eigenvalue weighted by molar-refractivity contribution is -0.128. The summed E-state index contributed by atoms with van der Waals surface area (Å²) in [7, 11) is 2.06. The number of hydrogen-bond acceptors (Lipinski definition) is 3. The van der Waals surface area contributed by atoms with Gasteiger partial charge in [-0.2, -0.15) is 0 Å². The van der Waals surface area contributed by atoms with Crippen LogP contribution in [0, 0.1) is 0 Å². The van der Waals surface area contributed by atoms with Crippen LogP contribution in [0.1, 0.15) is 19.8 Å². The Kier molecular flexibility index (Phi) is 7.15. The Morgan fingerprint density at radius 3 is 2.33 bits per heavy atom. The molecule has 2 rings (SSSR count). The number of nitrogens with one attached hydrogen (secondary N) is 1. The molecule has 2 aromatic carbocycles. The maximum atomic E-state index is 12.2. The monoisotopic (exact) mass is 326 g/mol. The van der Waals surface area contributed by atoms with Crippen molar-refractivity contribution in [3.05, 3.63) is 60.7 Å². The smallest absolute Gasteiger partial charge is 0.261 e. The molecule has 128 valence electrons. The number of anilines is 1. The summed E-state index contributed by atoms with van der Waals surface area (Å²) in [5.74, 6) is 0.673. The predicted octanol–water partition coefficient (Wildman–Crippen LogP) is 3.49. The van der Waals surface area contributed by atoms with Crippen molar-refractivity contribution in [1.82, 2.24) is 5.32 Å². The second kappa shape index (κ2) is 9.60. The summed E-state index contributed by atoms with van der Waals surface area (Å²) >= 11 is 0. The van der Waals surface area contributed by atoms with Gasteiger partial charge < -0.3 is 15.0 Å². The van der Waals surface area contributed by atoms with Crippen molar-refractivity contribution in [2.75, 3.05) is 25.0 Å². The van der Waals surface area contributed by atoms with Gasteiger partial charge in [0.2, 0.25) is 0 Å². The molecular weight excluding hydrogens is 300 g/mol. The first-order valence-corrected chi connectivity index (χ1v) is 8.46. The van der Waals surface area contributed by atoms with E-state index in [1.807, 2.05) is 55.5 Å². The van der Waals surface area contributed by atoms with E-state index >= 15 is 0 Å². The van der Waals surface area contributed by atoms with Gasteiger partial charge in [-0.3, -0.25) is 4.79 Å². The fourth-order valence-electron chi connectivity index (χ4n) is 2.44. The van der Waals surface area contributed by atoms with Crippen molar-refractivity contribution >= 4 is 11.6 Å². The third kappa shape index (κ3) is 5.61. The van der Waals surface area contributed by atoms with Gasteiger partial charge >= 0.3 is 0 Å². The molecule has 0 aromatic heterocycles. The first-order valence-electron chi connectivity index (χ1n) is 8.46. The van der Waals surface area contributed by atoms with Gasteiger partial charge in [-0.15, -0.1) is 0 Å². The van der Waals surface area contributed by atoms with Gasteiger partial charge in [-0.25, -0.2) is 0 Å². The zero-order valence-electron chi connectivity index (χ0n) is 14.4. The lowest BCUT2D eigenvalue weighted by atomic mass is 10.2. The highest BCUT2D eigenvalue weighted by Gasteiger charge is 2.17. The van der Waals surface area contributed by atoms with E-state index in [2.05, 4.69) is 29.4 Å². The maximum absolute atomic E-state index is 12.2. The Bertz CT molecular complexity index is 602. The minimum Gasteiger partial charge on any atom is -0.481 e. The van der Waals surface area contributed by atoms with Gasteiger partial charge in [0.05, 0.1) is 0 Å². The molecule has 1 atom stereocenters. The second-order valence-electron chi connectivity index (χ2n) is 5.73. The Morgan fingerprint density at radius 1 is 1.08 bits per heavy atom. The number of ether oxygens (including phenoxy) is 1. The number of para-hydroxylation sites is 2. The molecule has 0 bridgehead atoms. The van der Waals surface area contributed by atoms with Crippen LogP contribution < -0.4 is 15.0 Å². The molecule has 0 spiro atoms. The van der Waals surface area contributed by atoms with E-state index in [0.717, 1.165) is 18.7 Å². The fraction of sp³-hybridized carbons (Fsp3) is 0.350. The van der Waals surface area contributed by atoms with E-state index < -0.39 is 6.10 Å². The number of amides is 1. The normalized spacial score (nSPS) is 11.6. The number of benzene rings is 2. The third-order valence-electron chi connectivity index (χ3n) is 3.85.